The molecule has 3 aromatic heterocycles. The standard InChI is InChI=1S/C18H12N6/c1-3-7-11(8-4-1)13-19-15-16(20-13)24-18-17(23-15)21-14(22-18)12-9-5-2-6-10-12/h1-10H,(H2,19,20,21,22,23,24). The molecule has 3 heterocycles. The highest BCUT2D eigenvalue weighted by Crippen LogP contribution is 2.22. The Hall–Kier alpha value is -3.54. The second-order valence-electron chi connectivity index (χ2n) is 5.47. The molecule has 0 aliphatic heterocycles. The van der Waals surface area contributed by atoms with E-state index < -0.39 is 0 Å². The largest absolute Gasteiger partial charge is 0.321 e. The highest BCUT2D eigenvalue weighted by atomic mass is 15.1. The Kier molecular flexibility index (Phi) is 2.69. The zero-order chi connectivity index (χ0) is 15.9. The van der Waals surface area contributed by atoms with Gasteiger partial charge in [0.05, 0.1) is 0 Å². The first-order chi connectivity index (χ1) is 11.9. The van der Waals surface area contributed by atoms with Crippen LogP contribution in [0.15, 0.2) is 60.7 Å². The Bertz CT molecular complexity index is 1000. The Morgan fingerprint density at radius 2 is 0.958 bits per heavy atom. The Balaban J connectivity index is 1.65. The summed E-state index contributed by atoms with van der Waals surface area (Å²) < 4.78 is 0. The predicted octanol–water partition coefficient (Wildman–Crippen LogP) is 3.56. The molecule has 0 saturated carbocycles. The topological polar surface area (TPSA) is 83.1 Å². The van der Waals surface area contributed by atoms with Gasteiger partial charge in [0.2, 0.25) is 0 Å². The molecule has 0 saturated heterocycles. The monoisotopic (exact) mass is 312 g/mol. The van der Waals surface area contributed by atoms with Crippen molar-refractivity contribution in [1.82, 2.24) is 29.9 Å². The summed E-state index contributed by atoms with van der Waals surface area (Å²) in [5, 5.41) is 0. The quantitative estimate of drug-likeness (QED) is 0.522. The Morgan fingerprint density at radius 1 is 0.500 bits per heavy atom. The molecule has 114 valence electrons. The number of aromatic nitrogens is 6. The fourth-order valence-electron chi connectivity index (χ4n) is 2.70. The third-order valence-electron chi connectivity index (χ3n) is 3.86. The van der Waals surface area contributed by atoms with Gasteiger partial charge in [0, 0.05) is 11.1 Å². The highest BCUT2D eigenvalue weighted by Gasteiger charge is 2.12. The lowest BCUT2D eigenvalue weighted by Crippen LogP contribution is -1.84. The van der Waals surface area contributed by atoms with E-state index in [2.05, 4.69) is 29.9 Å². The molecule has 5 rings (SSSR count). The number of rotatable bonds is 2. The van der Waals surface area contributed by atoms with Crippen molar-refractivity contribution in [2.75, 3.05) is 0 Å². The van der Waals surface area contributed by atoms with Crippen LogP contribution in [0.1, 0.15) is 0 Å². The van der Waals surface area contributed by atoms with Crippen LogP contribution in [-0.4, -0.2) is 29.9 Å². The maximum absolute atomic E-state index is 4.57. The third-order valence-corrected chi connectivity index (χ3v) is 3.86. The number of fused-ring (bicyclic) bond motifs is 2. The number of imidazole rings is 2. The van der Waals surface area contributed by atoms with Gasteiger partial charge in [-0.1, -0.05) is 60.7 Å². The molecule has 2 N–H and O–H groups in total. The van der Waals surface area contributed by atoms with E-state index in [-0.39, 0.29) is 0 Å². The maximum Gasteiger partial charge on any atom is 0.200 e. The summed E-state index contributed by atoms with van der Waals surface area (Å²) in [5.74, 6) is 1.50. The minimum absolute atomic E-state index is 0.562. The number of hydrogen-bond donors (Lipinski definition) is 2. The van der Waals surface area contributed by atoms with E-state index >= 15 is 0 Å². The van der Waals surface area contributed by atoms with Gasteiger partial charge in [0.15, 0.2) is 22.6 Å². The van der Waals surface area contributed by atoms with Crippen LogP contribution >= 0.6 is 0 Å². The van der Waals surface area contributed by atoms with E-state index in [1.807, 2.05) is 60.7 Å². The van der Waals surface area contributed by atoms with Crippen LogP contribution in [0.2, 0.25) is 0 Å². The average molecular weight is 312 g/mol. The van der Waals surface area contributed by atoms with Crippen LogP contribution < -0.4 is 0 Å². The maximum atomic E-state index is 4.57. The number of hydrogen-bond acceptors (Lipinski definition) is 4. The van der Waals surface area contributed by atoms with Gasteiger partial charge in [-0.15, -0.1) is 0 Å². The molecule has 0 radical (unpaired) electrons. The van der Waals surface area contributed by atoms with Gasteiger partial charge in [-0.05, 0) is 0 Å². The minimum atomic E-state index is 0.562. The lowest BCUT2D eigenvalue weighted by atomic mass is 10.2. The number of aromatic amines is 2. The molecular weight excluding hydrogens is 300 g/mol. The van der Waals surface area contributed by atoms with Crippen LogP contribution in [0.4, 0.5) is 0 Å². The van der Waals surface area contributed by atoms with Crippen LogP contribution in [0, 0.1) is 0 Å². The van der Waals surface area contributed by atoms with Gasteiger partial charge in [-0.25, -0.2) is 19.9 Å². The summed E-state index contributed by atoms with van der Waals surface area (Å²) in [5.41, 5.74) is 4.41. The molecule has 6 nitrogen and oxygen atoms in total. The molecule has 0 bridgehead atoms. The molecule has 0 spiro atoms. The zero-order valence-corrected chi connectivity index (χ0v) is 12.6. The van der Waals surface area contributed by atoms with Crippen molar-refractivity contribution < 1.29 is 0 Å². The smallest absolute Gasteiger partial charge is 0.200 e. The Morgan fingerprint density at radius 3 is 1.42 bits per heavy atom. The molecule has 24 heavy (non-hydrogen) atoms. The summed E-state index contributed by atoms with van der Waals surface area (Å²) in [7, 11) is 0. The summed E-state index contributed by atoms with van der Waals surface area (Å²) in [6, 6.07) is 19.8. The molecule has 5 aromatic rings. The van der Waals surface area contributed by atoms with Crippen LogP contribution in [0.5, 0.6) is 0 Å². The molecule has 0 aliphatic carbocycles. The first-order valence-corrected chi connectivity index (χ1v) is 7.61. The molecule has 0 fully saturated rings. The minimum Gasteiger partial charge on any atom is -0.321 e. The fraction of sp³-hybridized carbons (Fsp3) is 0. The average Bonchev–Trinajstić information content (AvgIpc) is 3.24. The van der Waals surface area contributed by atoms with Gasteiger partial charge < -0.3 is 9.97 Å². The normalized spacial score (nSPS) is 11.3. The van der Waals surface area contributed by atoms with E-state index in [0.717, 1.165) is 22.8 Å². The van der Waals surface area contributed by atoms with Crippen molar-refractivity contribution in [3.8, 4) is 22.8 Å². The SMILES string of the molecule is c1ccc(-c2nc3nc4nc(-c5ccccc5)[nH]c4nc3[nH]2)cc1. The summed E-state index contributed by atoms with van der Waals surface area (Å²) in [6.07, 6.45) is 0. The van der Waals surface area contributed by atoms with E-state index in [9.17, 15) is 0 Å². The van der Waals surface area contributed by atoms with Crippen molar-refractivity contribution in [2.45, 2.75) is 0 Å². The van der Waals surface area contributed by atoms with Crippen molar-refractivity contribution in [1.29, 1.82) is 0 Å². The lowest BCUT2D eigenvalue weighted by molar-refractivity contribution is 1.28. The number of H-pyrrole nitrogens is 2. The summed E-state index contributed by atoms with van der Waals surface area (Å²) in [6.45, 7) is 0. The van der Waals surface area contributed by atoms with Crippen molar-refractivity contribution >= 4 is 22.6 Å². The molecule has 0 unspecified atom stereocenters. The second kappa shape index (κ2) is 4.99. The Labute approximate surface area is 136 Å². The van der Waals surface area contributed by atoms with Crippen LogP contribution in [0.25, 0.3) is 45.4 Å². The van der Waals surface area contributed by atoms with Gasteiger partial charge in [-0.2, -0.15) is 0 Å². The fourth-order valence-corrected chi connectivity index (χ4v) is 2.70. The lowest BCUT2D eigenvalue weighted by Gasteiger charge is -1.93. The van der Waals surface area contributed by atoms with Gasteiger partial charge >= 0.3 is 0 Å². The van der Waals surface area contributed by atoms with Crippen LogP contribution in [0.3, 0.4) is 0 Å². The van der Waals surface area contributed by atoms with Crippen molar-refractivity contribution in [3.63, 3.8) is 0 Å². The van der Waals surface area contributed by atoms with E-state index in [4.69, 9.17) is 0 Å². The summed E-state index contributed by atoms with van der Waals surface area (Å²) >= 11 is 0. The molecule has 0 aliphatic rings. The van der Waals surface area contributed by atoms with E-state index in [1.54, 1.807) is 0 Å². The second-order valence-corrected chi connectivity index (χ2v) is 5.47. The third kappa shape index (κ3) is 2.04. The van der Waals surface area contributed by atoms with E-state index in [0.29, 0.717) is 22.6 Å². The van der Waals surface area contributed by atoms with Gasteiger partial charge in [0.25, 0.3) is 0 Å². The first kappa shape index (κ1) is 13.0. The van der Waals surface area contributed by atoms with Crippen LogP contribution in [-0.2, 0) is 0 Å². The molecule has 6 heteroatoms. The number of benzene rings is 2. The molecule has 2 aromatic carbocycles. The molecule has 0 atom stereocenters. The number of nitrogens with one attached hydrogen (secondary N) is 2. The van der Waals surface area contributed by atoms with Crippen molar-refractivity contribution in [2.24, 2.45) is 0 Å². The molecular formula is C18H12N6. The number of nitrogens with zero attached hydrogens (tertiary/aromatic N) is 4. The highest BCUT2D eigenvalue weighted by molar-refractivity contribution is 5.82. The van der Waals surface area contributed by atoms with E-state index in [1.165, 1.54) is 0 Å². The predicted molar refractivity (Wildman–Crippen MR) is 92.2 cm³/mol. The van der Waals surface area contributed by atoms with Gasteiger partial charge in [0.1, 0.15) is 11.6 Å². The summed E-state index contributed by atoms with van der Waals surface area (Å²) in [4.78, 5) is 24.6. The van der Waals surface area contributed by atoms with Crippen molar-refractivity contribution in [3.05, 3.63) is 60.7 Å². The molecule has 0 amide bonds. The zero-order valence-electron chi connectivity index (χ0n) is 12.6. The van der Waals surface area contributed by atoms with Gasteiger partial charge in [-0.3, -0.25) is 0 Å². The first-order valence-electron chi connectivity index (χ1n) is 7.61.